The van der Waals surface area contributed by atoms with Crippen molar-refractivity contribution in [3.8, 4) is 17.6 Å². The predicted octanol–water partition coefficient (Wildman–Crippen LogP) is 3.51. The van der Waals surface area contributed by atoms with Crippen LogP contribution in [0.25, 0.3) is 0 Å². The van der Waals surface area contributed by atoms with Crippen molar-refractivity contribution in [1.29, 1.82) is 0 Å². The van der Waals surface area contributed by atoms with Crippen LogP contribution in [0.4, 0.5) is 8.78 Å². The molecule has 0 atom stereocenters. The van der Waals surface area contributed by atoms with Crippen LogP contribution in [0.5, 0.6) is 5.75 Å². The highest BCUT2D eigenvalue weighted by Crippen LogP contribution is 2.25. The first-order valence-corrected chi connectivity index (χ1v) is 6.54. The van der Waals surface area contributed by atoms with Crippen molar-refractivity contribution in [2.24, 2.45) is 5.73 Å². The van der Waals surface area contributed by atoms with Crippen molar-refractivity contribution in [3.63, 3.8) is 0 Å². The third-order valence-corrected chi connectivity index (χ3v) is 2.99. The molecule has 108 valence electrons. The van der Waals surface area contributed by atoms with Crippen LogP contribution in [0.2, 0.25) is 5.02 Å². The lowest BCUT2D eigenvalue weighted by Gasteiger charge is -2.09. The molecule has 0 aliphatic carbocycles. The average Bonchev–Trinajstić information content (AvgIpc) is 2.48. The van der Waals surface area contributed by atoms with Crippen molar-refractivity contribution in [2.45, 2.75) is 6.61 Å². The Bertz CT molecular complexity index is 707. The zero-order chi connectivity index (χ0) is 15.2. The third kappa shape index (κ3) is 3.94. The Morgan fingerprint density at radius 3 is 2.76 bits per heavy atom. The lowest BCUT2D eigenvalue weighted by molar-refractivity contribution is 0.290. The molecule has 2 N–H and O–H groups in total. The van der Waals surface area contributed by atoms with E-state index in [1.54, 1.807) is 6.07 Å². The van der Waals surface area contributed by atoms with Gasteiger partial charge in [0.25, 0.3) is 0 Å². The molecule has 0 heterocycles. The number of nitrogens with two attached hydrogens (primary N) is 1. The molecule has 0 amide bonds. The molecule has 0 aliphatic rings. The van der Waals surface area contributed by atoms with E-state index in [-0.39, 0.29) is 23.9 Å². The number of hydrogen-bond donors (Lipinski definition) is 1. The summed E-state index contributed by atoms with van der Waals surface area (Å²) in [5, 5.41) is -0.0187. The van der Waals surface area contributed by atoms with Gasteiger partial charge in [0.1, 0.15) is 12.4 Å². The molecule has 0 unspecified atom stereocenters. The van der Waals surface area contributed by atoms with Gasteiger partial charge < -0.3 is 10.5 Å². The van der Waals surface area contributed by atoms with E-state index in [4.69, 9.17) is 22.1 Å². The number of hydrogen-bond acceptors (Lipinski definition) is 2. The summed E-state index contributed by atoms with van der Waals surface area (Å²) in [6.07, 6.45) is 0. The number of rotatable bonds is 3. The SMILES string of the molecule is NCC#Cc1cc(F)ccc1COc1cccc(Cl)c1F. The fourth-order valence-corrected chi connectivity index (χ4v) is 1.85. The summed E-state index contributed by atoms with van der Waals surface area (Å²) in [7, 11) is 0. The summed E-state index contributed by atoms with van der Waals surface area (Å²) >= 11 is 5.68. The number of ether oxygens (including phenoxy) is 1. The predicted molar refractivity (Wildman–Crippen MR) is 78.1 cm³/mol. The van der Waals surface area contributed by atoms with Crippen LogP contribution in [0, 0.1) is 23.5 Å². The molecule has 0 aromatic heterocycles. The Labute approximate surface area is 126 Å². The Kier molecular flexibility index (Phi) is 5.15. The number of halogens is 3. The van der Waals surface area contributed by atoms with E-state index >= 15 is 0 Å². The first-order chi connectivity index (χ1) is 10.1. The molecule has 0 saturated heterocycles. The van der Waals surface area contributed by atoms with Gasteiger partial charge in [0.2, 0.25) is 0 Å². The highest BCUT2D eigenvalue weighted by Gasteiger charge is 2.09. The summed E-state index contributed by atoms with van der Waals surface area (Å²) in [4.78, 5) is 0. The summed E-state index contributed by atoms with van der Waals surface area (Å²) in [6, 6.07) is 8.60. The Hall–Kier alpha value is -2.09. The summed E-state index contributed by atoms with van der Waals surface area (Å²) < 4.78 is 32.3. The second kappa shape index (κ2) is 7.07. The molecule has 0 aliphatic heterocycles. The minimum absolute atomic E-state index is 0.0187. The van der Waals surface area contributed by atoms with Crippen LogP contribution >= 0.6 is 11.6 Å². The summed E-state index contributed by atoms with van der Waals surface area (Å²) in [6.45, 7) is 0.214. The molecule has 2 aromatic rings. The Morgan fingerprint density at radius 2 is 2.00 bits per heavy atom. The standard InChI is InChI=1S/C16H12ClF2NO/c17-14-4-1-5-15(16(14)19)21-10-12-6-7-13(18)9-11(12)3-2-8-20/h1,4-7,9H,8,10,20H2. The molecule has 0 spiro atoms. The molecule has 21 heavy (non-hydrogen) atoms. The topological polar surface area (TPSA) is 35.2 Å². The van der Waals surface area contributed by atoms with E-state index in [2.05, 4.69) is 11.8 Å². The zero-order valence-corrected chi connectivity index (χ0v) is 11.8. The van der Waals surface area contributed by atoms with Gasteiger partial charge in [-0.2, -0.15) is 0 Å². The van der Waals surface area contributed by atoms with E-state index < -0.39 is 11.6 Å². The first-order valence-electron chi connectivity index (χ1n) is 6.16. The molecule has 5 heteroatoms. The van der Waals surface area contributed by atoms with Gasteiger partial charge in [-0.15, -0.1) is 0 Å². The van der Waals surface area contributed by atoms with Gasteiger partial charge in [-0.3, -0.25) is 0 Å². The molecular weight excluding hydrogens is 296 g/mol. The van der Waals surface area contributed by atoms with Crippen LogP contribution in [0.3, 0.4) is 0 Å². The highest BCUT2D eigenvalue weighted by atomic mass is 35.5. The quantitative estimate of drug-likeness (QED) is 0.881. The Morgan fingerprint density at radius 1 is 1.19 bits per heavy atom. The van der Waals surface area contributed by atoms with Crippen LogP contribution in [0.1, 0.15) is 11.1 Å². The van der Waals surface area contributed by atoms with Gasteiger partial charge in [-0.05, 0) is 24.3 Å². The minimum Gasteiger partial charge on any atom is -0.486 e. The highest BCUT2D eigenvalue weighted by molar-refractivity contribution is 6.30. The fourth-order valence-electron chi connectivity index (χ4n) is 1.69. The second-order valence-electron chi connectivity index (χ2n) is 4.15. The van der Waals surface area contributed by atoms with Crippen LogP contribution in [-0.4, -0.2) is 6.54 Å². The zero-order valence-electron chi connectivity index (χ0n) is 11.0. The molecule has 2 nitrogen and oxygen atoms in total. The van der Waals surface area contributed by atoms with Gasteiger partial charge in [-0.1, -0.05) is 35.6 Å². The molecule has 0 saturated carbocycles. The average molecular weight is 308 g/mol. The third-order valence-electron chi connectivity index (χ3n) is 2.70. The van der Waals surface area contributed by atoms with Gasteiger partial charge in [0.15, 0.2) is 11.6 Å². The molecule has 0 radical (unpaired) electrons. The molecular formula is C16H12ClF2NO. The van der Waals surface area contributed by atoms with Crippen molar-refractivity contribution in [2.75, 3.05) is 6.54 Å². The second-order valence-corrected chi connectivity index (χ2v) is 4.56. The Balaban J connectivity index is 2.22. The van der Waals surface area contributed by atoms with Crippen molar-refractivity contribution in [1.82, 2.24) is 0 Å². The maximum Gasteiger partial charge on any atom is 0.183 e. The van der Waals surface area contributed by atoms with Crippen LogP contribution in [0.15, 0.2) is 36.4 Å². The number of benzene rings is 2. The smallest absolute Gasteiger partial charge is 0.183 e. The molecule has 2 rings (SSSR count). The molecule has 2 aromatic carbocycles. The first kappa shape index (κ1) is 15.3. The summed E-state index contributed by atoms with van der Waals surface area (Å²) in [5.41, 5.74) is 6.40. The van der Waals surface area contributed by atoms with Crippen molar-refractivity contribution in [3.05, 3.63) is 64.2 Å². The van der Waals surface area contributed by atoms with E-state index in [9.17, 15) is 8.78 Å². The lowest BCUT2D eigenvalue weighted by atomic mass is 10.1. The molecule has 0 fully saturated rings. The summed E-state index contributed by atoms with van der Waals surface area (Å²) in [5.74, 6) is 4.41. The van der Waals surface area contributed by atoms with Crippen molar-refractivity contribution < 1.29 is 13.5 Å². The largest absolute Gasteiger partial charge is 0.486 e. The fraction of sp³-hybridized carbons (Fsp3) is 0.125. The van der Waals surface area contributed by atoms with Crippen LogP contribution in [-0.2, 0) is 6.61 Å². The monoisotopic (exact) mass is 307 g/mol. The normalized spacial score (nSPS) is 9.90. The van der Waals surface area contributed by atoms with Gasteiger partial charge in [0.05, 0.1) is 11.6 Å². The van der Waals surface area contributed by atoms with E-state index in [1.807, 2.05) is 0 Å². The molecule has 0 bridgehead atoms. The van der Waals surface area contributed by atoms with Gasteiger partial charge in [-0.25, -0.2) is 8.78 Å². The van der Waals surface area contributed by atoms with Crippen LogP contribution < -0.4 is 10.5 Å². The van der Waals surface area contributed by atoms with E-state index in [0.29, 0.717) is 11.1 Å². The van der Waals surface area contributed by atoms with E-state index in [1.165, 1.54) is 30.3 Å². The van der Waals surface area contributed by atoms with Gasteiger partial charge >= 0.3 is 0 Å². The lowest BCUT2D eigenvalue weighted by Crippen LogP contribution is -2.01. The maximum atomic E-state index is 13.7. The van der Waals surface area contributed by atoms with Gasteiger partial charge in [0, 0.05) is 11.1 Å². The maximum absolute atomic E-state index is 13.7. The van der Waals surface area contributed by atoms with Crippen molar-refractivity contribution >= 4 is 11.6 Å². The van der Waals surface area contributed by atoms with E-state index in [0.717, 1.165) is 0 Å². The minimum atomic E-state index is -0.629.